The number of amides is 1. The van der Waals surface area contributed by atoms with Crippen molar-refractivity contribution < 1.29 is 4.79 Å². The second-order valence-electron chi connectivity index (χ2n) is 4.22. The van der Waals surface area contributed by atoms with Crippen molar-refractivity contribution >= 4 is 33.2 Å². The fourth-order valence-electron chi connectivity index (χ4n) is 1.96. The standard InChI is InChI=1S/C11H15BrN2OS/c12-10-5-7(6-16-10)11(15)14-9-3-1-8(13)2-4-9/h5-6,8-9H,1-4,13H2,(H,14,15). The molecule has 0 radical (unpaired) electrons. The second-order valence-corrected chi connectivity index (χ2v) is 6.52. The van der Waals surface area contributed by atoms with Crippen LogP contribution >= 0.6 is 27.3 Å². The fourth-order valence-corrected chi connectivity index (χ4v) is 3.10. The van der Waals surface area contributed by atoms with Gasteiger partial charge in [0.05, 0.1) is 9.35 Å². The highest BCUT2D eigenvalue weighted by molar-refractivity contribution is 9.11. The molecular formula is C11H15BrN2OS. The Bertz CT molecular complexity index is 372. The molecule has 2 rings (SSSR count). The van der Waals surface area contributed by atoms with Gasteiger partial charge in [-0.25, -0.2) is 0 Å². The van der Waals surface area contributed by atoms with E-state index in [1.165, 1.54) is 11.3 Å². The fraction of sp³-hybridized carbons (Fsp3) is 0.545. The van der Waals surface area contributed by atoms with E-state index in [1.54, 1.807) is 0 Å². The van der Waals surface area contributed by atoms with E-state index in [0.717, 1.165) is 35.0 Å². The van der Waals surface area contributed by atoms with Crippen molar-refractivity contribution in [2.45, 2.75) is 37.8 Å². The molecule has 1 aromatic rings. The third-order valence-corrected chi connectivity index (χ3v) is 4.44. The van der Waals surface area contributed by atoms with Crippen LogP contribution in [0.3, 0.4) is 0 Å². The molecule has 3 N–H and O–H groups in total. The van der Waals surface area contributed by atoms with Crippen molar-refractivity contribution in [1.82, 2.24) is 5.32 Å². The molecule has 5 heteroatoms. The Morgan fingerprint density at radius 2 is 2.12 bits per heavy atom. The topological polar surface area (TPSA) is 55.1 Å². The first-order valence-electron chi connectivity index (χ1n) is 5.45. The minimum absolute atomic E-state index is 0.0300. The molecule has 0 bridgehead atoms. The third-order valence-electron chi connectivity index (χ3n) is 2.94. The van der Waals surface area contributed by atoms with Crippen LogP contribution < -0.4 is 11.1 Å². The zero-order valence-electron chi connectivity index (χ0n) is 8.91. The quantitative estimate of drug-likeness (QED) is 0.882. The normalized spacial score (nSPS) is 25.4. The predicted octanol–water partition coefficient (Wildman–Crippen LogP) is 2.51. The number of carbonyl (C=O) groups excluding carboxylic acids is 1. The number of thiophene rings is 1. The predicted molar refractivity (Wildman–Crippen MR) is 69.7 cm³/mol. The molecule has 88 valence electrons. The first kappa shape index (κ1) is 12.1. The van der Waals surface area contributed by atoms with Crippen LogP contribution in [0.1, 0.15) is 36.0 Å². The van der Waals surface area contributed by atoms with E-state index in [0.29, 0.717) is 12.1 Å². The number of rotatable bonds is 2. The Morgan fingerprint density at radius 1 is 1.44 bits per heavy atom. The summed E-state index contributed by atoms with van der Waals surface area (Å²) in [5.41, 5.74) is 6.57. The van der Waals surface area contributed by atoms with Gasteiger partial charge < -0.3 is 11.1 Å². The van der Waals surface area contributed by atoms with Crippen molar-refractivity contribution in [2.75, 3.05) is 0 Å². The Kier molecular flexibility index (Phi) is 4.00. The highest BCUT2D eigenvalue weighted by Gasteiger charge is 2.20. The molecule has 1 aromatic heterocycles. The van der Waals surface area contributed by atoms with Gasteiger partial charge >= 0.3 is 0 Å². The Balaban J connectivity index is 1.88. The molecule has 1 saturated carbocycles. The average Bonchev–Trinajstić information content (AvgIpc) is 2.68. The number of nitrogens with two attached hydrogens (primary N) is 1. The van der Waals surface area contributed by atoms with Gasteiger partial charge in [0.15, 0.2) is 0 Å². The van der Waals surface area contributed by atoms with Crippen molar-refractivity contribution in [1.29, 1.82) is 0 Å². The van der Waals surface area contributed by atoms with E-state index in [1.807, 2.05) is 11.4 Å². The van der Waals surface area contributed by atoms with Gasteiger partial charge in [-0.15, -0.1) is 11.3 Å². The van der Waals surface area contributed by atoms with Crippen molar-refractivity contribution in [2.24, 2.45) is 5.73 Å². The molecule has 1 heterocycles. The molecule has 0 atom stereocenters. The summed E-state index contributed by atoms with van der Waals surface area (Å²) < 4.78 is 0.989. The zero-order chi connectivity index (χ0) is 11.5. The van der Waals surface area contributed by atoms with Crippen molar-refractivity contribution in [3.05, 3.63) is 20.8 Å². The second kappa shape index (κ2) is 5.29. The minimum atomic E-state index is 0.0300. The van der Waals surface area contributed by atoms with Crippen LogP contribution in [0.2, 0.25) is 0 Å². The SMILES string of the molecule is NC1CCC(NC(=O)c2csc(Br)c2)CC1. The van der Waals surface area contributed by atoms with Crippen molar-refractivity contribution in [3.8, 4) is 0 Å². The summed E-state index contributed by atoms with van der Waals surface area (Å²) in [6.45, 7) is 0. The van der Waals surface area contributed by atoms with Gasteiger partial charge in [0.2, 0.25) is 0 Å². The largest absolute Gasteiger partial charge is 0.349 e. The summed E-state index contributed by atoms with van der Waals surface area (Å²) in [4.78, 5) is 11.9. The monoisotopic (exact) mass is 302 g/mol. The van der Waals surface area contributed by atoms with Crippen LogP contribution in [-0.2, 0) is 0 Å². The lowest BCUT2D eigenvalue weighted by Gasteiger charge is -2.26. The Labute approximate surface area is 108 Å². The smallest absolute Gasteiger partial charge is 0.252 e. The number of hydrogen-bond acceptors (Lipinski definition) is 3. The summed E-state index contributed by atoms with van der Waals surface area (Å²) in [6, 6.07) is 2.48. The first-order chi connectivity index (χ1) is 7.65. The maximum absolute atomic E-state index is 11.9. The summed E-state index contributed by atoms with van der Waals surface area (Å²) in [6.07, 6.45) is 4.02. The zero-order valence-corrected chi connectivity index (χ0v) is 11.3. The highest BCUT2D eigenvalue weighted by Crippen LogP contribution is 2.22. The first-order valence-corrected chi connectivity index (χ1v) is 7.13. The Hall–Kier alpha value is -0.390. The summed E-state index contributed by atoms with van der Waals surface area (Å²) in [5, 5.41) is 4.93. The summed E-state index contributed by atoms with van der Waals surface area (Å²) in [7, 11) is 0. The lowest BCUT2D eigenvalue weighted by molar-refractivity contribution is 0.0926. The van der Waals surface area contributed by atoms with Gasteiger partial charge in [0, 0.05) is 17.5 Å². The van der Waals surface area contributed by atoms with Gasteiger partial charge in [-0.1, -0.05) is 0 Å². The van der Waals surface area contributed by atoms with Crippen LogP contribution in [0.15, 0.2) is 15.2 Å². The molecule has 0 unspecified atom stereocenters. The highest BCUT2D eigenvalue weighted by atomic mass is 79.9. The molecule has 1 aliphatic rings. The maximum atomic E-state index is 11.9. The molecular weight excluding hydrogens is 288 g/mol. The van der Waals surface area contributed by atoms with Crippen LogP contribution in [0.4, 0.5) is 0 Å². The van der Waals surface area contributed by atoms with E-state index in [2.05, 4.69) is 21.2 Å². The summed E-state index contributed by atoms with van der Waals surface area (Å²) in [5.74, 6) is 0.0300. The molecule has 16 heavy (non-hydrogen) atoms. The molecule has 1 fully saturated rings. The van der Waals surface area contributed by atoms with Crippen LogP contribution in [-0.4, -0.2) is 18.0 Å². The lowest BCUT2D eigenvalue weighted by Crippen LogP contribution is -2.40. The minimum Gasteiger partial charge on any atom is -0.349 e. The van der Waals surface area contributed by atoms with Gasteiger partial charge in [-0.3, -0.25) is 4.79 Å². The molecule has 1 amide bonds. The van der Waals surface area contributed by atoms with E-state index < -0.39 is 0 Å². The lowest BCUT2D eigenvalue weighted by atomic mass is 9.92. The van der Waals surface area contributed by atoms with Gasteiger partial charge in [-0.05, 0) is 47.7 Å². The number of nitrogens with one attached hydrogen (secondary N) is 1. The number of halogens is 1. The van der Waals surface area contributed by atoms with Crippen LogP contribution in [0, 0.1) is 0 Å². The molecule has 3 nitrogen and oxygen atoms in total. The van der Waals surface area contributed by atoms with Gasteiger partial charge in [-0.2, -0.15) is 0 Å². The van der Waals surface area contributed by atoms with Crippen molar-refractivity contribution in [3.63, 3.8) is 0 Å². The molecule has 1 aliphatic carbocycles. The molecule has 0 aliphatic heterocycles. The molecule has 0 aromatic carbocycles. The van der Waals surface area contributed by atoms with E-state index in [-0.39, 0.29) is 5.91 Å². The number of hydrogen-bond donors (Lipinski definition) is 2. The van der Waals surface area contributed by atoms with Gasteiger partial charge in [0.25, 0.3) is 5.91 Å². The molecule has 0 saturated heterocycles. The van der Waals surface area contributed by atoms with Crippen LogP contribution in [0.5, 0.6) is 0 Å². The Morgan fingerprint density at radius 3 is 2.69 bits per heavy atom. The number of carbonyl (C=O) groups is 1. The summed E-state index contributed by atoms with van der Waals surface area (Å²) >= 11 is 4.89. The maximum Gasteiger partial charge on any atom is 0.252 e. The third kappa shape index (κ3) is 3.06. The van der Waals surface area contributed by atoms with E-state index >= 15 is 0 Å². The average molecular weight is 303 g/mol. The van der Waals surface area contributed by atoms with Gasteiger partial charge in [0.1, 0.15) is 0 Å². The van der Waals surface area contributed by atoms with Crippen LogP contribution in [0.25, 0.3) is 0 Å². The van der Waals surface area contributed by atoms with E-state index in [4.69, 9.17) is 5.73 Å². The molecule has 0 spiro atoms. The van der Waals surface area contributed by atoms with E-state index in [9.17, 15) is 4.79 Å².